The minimum Gasteiger partial charge on any atom is -0.492 e. The quantitative estimate of drug-likeness (QED) is 0.411. The summed E-state index contributed by atoms with van der Waals surface area (Å²) in [6, 6.07) is 11.6. The van der Waals surface area contributed by atoms with Gasteiger partial charge in [-0.15, -0.1) is 0 Å². The van der Waals surface area contributed by atoms with Crippen LogP contribution in [0.1, 0.15) is 17.3 Å². The molecule has 0 spiro atoms. The van der Waals surface area contributed by atoms with Gasteiger partial charge in [-0.25, -0.2) is 4.98 Å². The zero-order valence-electron chi connectivity index (χ0n) is 16.5. The van der Waals surface area contributed by atoms with Crippen molar-refractivity contribution in [3.05, 3.63) is 58.1 Å². The van der Waals surface area contributed by atoms with Crippen molar-refractivity contribution in [2.75, 3.05) is 38.7 Å². The lowest BCUT2D eigenvalue weighted by molar-refractivity contribution is -0.385. The number of fused-ring (bicyclic) bond motifs is 1. The van der Waals surface area contributed by atoms with E-state index in [4.69, 9.17) is 4.74 Å². The van der Waals surface area contributed by atoms with Gasteiger partial charge < -0.3 is 9.64 Å². The molecule has 9 heteroatoms. The highest BCUT2D eigenvalue weighted by atomic mass is 32.1. The predicted octanol–water partition coefficient (Wildman–Crippen LogP) is 3.81. The van der Waals surface area contributed by atoms with E-state index < -0.39 is 10.8 Å². The van der Waals surface area contributed by atoms with E-state index in [2.05, 4.69) is 4.98 Å². The number of para-hydroxylation sites is 2. The number of hydrogen-bond donors (Lipinski definition) is 0. The van der Waals surface area contributed by atoms with Crippen molar-refractivity contribution in [1.82, 2.24) is 9.88 Å². The number of carbonyl (C=O) groups excluding carboxylic acids is 1. The fourth-order valence-corrected chi connectivity index (χ4v) is 3.85. The lowest BCUT2D eigenvalue weighted by atomic mass is 10.1. The van der Waals surface area contributed by atoms with Gasteiger partial charge in [-0.3, -0.25) is 19.8 Å². The van der Waals surface area contributed by atoms with Crippen LogP contribution in [0.25, 0.3) is 10.2 Å². The molecular formula is C20H22N4O4S. The van der Waals surface area contributed by atoms with E-state index in [9.17, 15) is 14.9 Å². The van der Waals surface area contributed by atoms with Gasteiger partial charge in [-0.2, -0.15) is 0 Å². The first-order valence-electron chi connectivity index (χ1n) is 9.14. The number of nitrogens with zero attached hydrogens (tertiary/aromatic N) is 4. The summed E-state index contributed by atoms with van der Waals surface area (Å²) in [6.07, 6.45) is 0. The highest BCUT2D eigenvalue weighted by molar-refractivity contribution is 7.22. The van der Waals surface area contributed by atoms with Crippen LogP contribution in [-0.2, 0) is 0 Å². The number of likely N-dealkylation sites (N-methyl/N-ethyl adjacent to an activating group) is 1. The molecule has 0 saturated heterocycles. The molecule has 0 aliphatic carbocycles. The Morgan fingerprint density at radius 3 is 2.62 bits per heavy atom. The summed E-state index contributed by atoms with van der Waals surface area (Å²) in [6.45, 7) is 3.33. The Hall–Kier alpha value is -3.04. The van der Waals surface area contributed by atoms with Gasteiger partial charge >= 0.3 is 0 Å². The first-order valence-corrected chi connectivity index (χ1v) is 9.96. The van der Waals surface area contributed by atoms with Crippen LogP contribution in [-0.4, -0.2) is 54.5 Å². The van der Waals surface area contributed by atoms with Crippen LogP contribution in [0.3, 0.4) is 0 Å². The van der Waals surface area contributed by atoms with E-state index in [1.54, 1.807) is 12.1 Å². The zero-order chi connectivity index (χ0) is 21.0. The van der Waals surface area contributed by atoms with Gasteiger partial charge in [-0.05, 0) is 39.2 Å². The van der Waals surface area contributed by atoms with Crippen molar-refractivity contribution in [2.45, 2.75) is 6.92 Å². The van der Waals surface area contributed by atoms with E-state index in [0.29, 0.717) is 36.1 Å². The SMILES string of the molecule is CCOc1cccc2sc(N(CCN(C)C)C(=O)c3ccccc3[N+](=O)[O-])nc12. The molecule has 1 heterocycles. The molecule has 3 aromatic rings. The lowest BCUT2D eigenvalue weighted by Gasteiger charge is -2.22. The molecule has 0 saturated carbocycles. The maximum Gasteiger partial charge on any atom is 0.282 e. The molecule has 0 fully saturated rings. The van der Waals surface area contributed by atoms with Gasteiger partial charge in [0.15, 0.2) is 5.13 Å². The zero-order valence-corrected chi connectivity index (χ0v) is 17.3. The van der Waals surface area contributed by atoms with Crippen LogP contribution >= 0.6 is 11.3 Å². The molecule has 8 nitrogen and oxygen atoms in total. The third-order valence-electron chi connectivity index (χ3n) is 4.25. The molecular weight excluding hydrogens is 392 g/mol. The van der Waals surface area contributed by atoms with E-state index in [-0.39, 0.29) is 11.3 Å². The first kappa shape index (κ1) is 20.7. The monoisotopic (exact) mass is 414 g/mol. The van der Waals surface area contributed by atoms with Crippen LogP contribution in [0.2, 0.25) is 0 Å². The van der Waals surface area contributed by atoms with Crippen LogP contribution in [0.4, 0.5) is 10.8 Å². The van der Waals surface area contributed by atoms with E-state index in [1.807, 2.05) is 44.1 Å². The predicted molar refractivity (Wildman–Crippen MR) is 114 cm³/mol. The van der Waals surface area contributed by atoms with Gasteiger partial charge in [0.05, 0.1) is 16.2 Å². The van der Waals surface area contributed by atoms with E-state index >= 15 is 0 Å². The molecule has 29 heavy (non-hydrogen) atoms. The Kier molecular flexibility index (Phi) is 6.40. The van der Waals surface area contributed by atoms with Crippen LogP contribution in [0, 0.1) is 10.1 Å². The Morgan fingerprint density at radius 1 is 1.17 bits per heavy atom. The van der Waals surface area contributed by atoms with E-state index in [1.165, 1.54) is 28.4 Å². The van der Waals surface area contributed by atoms with E-state index in [0.717, 1.165) is 4.70 Å². The Bertz CT molecular complexity index is 1030. The highest BCUT2D eigenvalue weighted by Crippen LogP contribution is 2.35. The number of anilines is 1. The fourth-order valence-electron chi connectivity index (χ4n) is 2.84. The number of ether oxygens (including phenoxy) is 1. The van der Waals surface area contributed by atoms with Gasteiger partial charge in [0.25, 0.3) is 11.6 Å². The molecule has 0 bridgehead atoms. The molecule has 0 radical (unpaired) electrons. The van der Waals surface area contributed by atoms with Gasteiger partial charge in [0, 0.05) is 19.2 Å². The molecule has 2 aromatic carbocycles. The Balaban J connectivity index is 2.06. The molecule has 0 aliphatic heterocycles. The Labute approximate surface area is 172 Å². The van der Waals surface area contributed by atoms with Crippen LogP contribution < -0.4 is 9.64 Å². The lowest BCUT2D eigenvalue weighted by Crippen LogP contribution is -2.37. The second-order valence-corrected chi connectivity index (χ2v) is 7.58. The molecule has 152 valence electrons. The number of hydrogen-bond acceptors (Lipinski definition) is 7. The second-order valence-electron chi connectivity index (χ2n) is 6.57. The van der Waals surface area contributed by atoms with Crippen molar-refractivity contribution in [2.24, 2.45) is 0 Å². The van der Waals surface area contributed by atoms with Crippen molar-refractivity contribution in [1.29, 1.82) is 0 Å². The number of rotatable bonds is 8. The number of amides is 1. The minimum absolute atomic E-state index is 0.0422. The summed E-state index contributed by atoms with van der Waals surface area (Å²) in [5.41, 5.74) is 0.503. The second kappa shape index (κ2) is 8.97. The number of nitro groups is 1. The Morgan fingerprint density at radius 2 is 1.93 bits per heavy atom. The van der Waals surface area contributed by atoms with Crippen molar-refractivity contribution >= 4 is 38.3 Å². The summed E-state index contributed by atoms with van der Waals surface area (Å²) >= 11 is 1.36. The van der Waals surface area contributed by atoms with Gasteiger partial charge in [-0.1, -0.05) is 29.5 Å². The maximum atomic E-state index is 13.3. The smallest absolute Gasteiger partial charge is 0.282 e. The molecule has 0 unspecified atom stereocenters. The average Bonchev–Trinajstić information content (AvgIpc) is 3.13. The summed E-state index contributed by atoms with van der Waals surface area (Å²) in [4.78, 5) is 32.3. The standard InChI is InChI=1S/C20H22N4O4S/c1-4-28-16-10-7-11-17-18(16)21-20(29-17)23(13-12-22(2)3)19(25)14-8-5-6-9-15(14)24(26)27/h5-11H,4,12-13H2,1-3H3. The minimum atomic E-state index is -0.539. The molecule has 0 N–H and O–H groups in total. The summed E-state index contributed by atoms with van der Waals surface area (Å²) < 4.78 is 6.53. The van der Waals surface area contributed by atoms with Gasteiger partial charge in [0.2, 0.25) is 0 Å². The molecule has 1 aromatic heterocycles. The highest BCUT2D eigenvalue weighted by Gasteiger charge is 2.27. The van der Waals surface area contributed by atoms with Crippen molar-refractivity contribution in [3.63, 3.8) is 0 Å². The summed E-state index contributed by atoms with van der Waals surface area (Å²) in [5.74, 6) is 0.203. The molecule has 0 atom stereocenters. The molecule has 0 aliphatic rings. The normalized spacial score (nSPS) is 11.0. The number of benzene rings is 2. The summed E-state index contributed by atoms with van der Waals surface area (Å²) in [7, 11) is 3.80. The number of nitro benzene ring substituents is 1. The first-order chi connectivity index (χ1) is 13.9. The summed E-state index contributed by atoms with van der Waals surface area (Å²) in [5, 5.41) is 11.9. The molecule has 1 amide bonds. The van der Waals surface area contributed by atoms with Crippen LogP contribution in [0.5, 0.6) is 5.75 Å². The number of thiazole rings is 1. The van der Waals surface area contributed by atoms with Crippen molar-refractivity contribution < 1.29 is 14.5 Å². The van der Waals surface area contributed by atoms with Gasteiger partial charge in [0.1, 0.15) is 16.8 Å². The average molecular weight is 414 g/mol. The van der Waals surface area contributed by atoms with Crippen LogP contribution in [0.15, 0.2) is 42.5 Å². The fraction of sp³-hybridized carbons (Fsp3) is 0.300. The largest absolute Gasteiger partial charge is 0.492 e. The van der Waals surface area contributed by atoms with Crippen molar-refractivity contribution in [3.8, 4) is 5.75 Å². The third kappa shape index (κ3) is 4.52. The molecule has 3 rings (SSSR count). The maximum absolute atomic E-state index is 13.3. The number of aromatic nitrogens is 1. The number of carbonyl (C=O) groups is 1. The topological polar surface area (TPSA) is 88.8 Å². The third-order valence-corrected chi connectivity index (χ3v) is 5.29.